The molecule has 0 aliphatic carbocycles. The molecule has 0 spiro atoms. The number of piperazine rings is 1. The van der Waals surface area contributed by atoms with E-state index in [2.05, 4.69) is 5.32 Å². The lowest BCUT2D eigenvalue weighted by molar-refractivity contribution is -0.137. The number of hydrogen-bond acceptors (Lipinski definition) is 4. The maximum Gasteiger partial charge on any atom is 0.325 e. The van der Waals surface area contributed by atoms with Crippen LogP contribution in [-0.4, -0.2) is 66.3 Å². The Morgan fingerprint density at radius 1 is 1.08 bits per heavy atom. The van der Waals surface area contributed by atoms with Gasteiger partial charge in [-0.15, -0.1) is 0 Å². The van der Waals surface area contributed by atoms with Gasteiger partial charge in [0.05, 0.1) is 0 Å². The van der Waals surface area contributed by atoms with Gasteiger partial charge in [-0.2, -0.15) is 0 Å². The Morgan fingerprint density at radius 3 is 2.38 bits per heavy atom. The minimum atomic E-state index is -0.571. The normalized spacial score (nSPS) is 18.2. The highest BCUT2D eigenvalue weighted by atomic mass is 16.2. The summed E-state index contributed by atoms with van der Waals surface area (Å²) in [6, 6.07) is 7.06. The minimum Gasteiger partial charge on any atom is -0.330 e. The van der Waals surface area contributed by atoms with Crippen molar-refractivity contribution >= 4 is 29.4 Å². The molecule has 2 aliphatic rings. The van der Waals surface area contributed by atoms with E-state index in [4.69, 9.17) is 0 Å². The summed E-state index contributed by atoms with van der Waals surface area (Å²) in [5.41, 5.74) is 1.92. The first-order valence-electron chi connectivity index (χ1n) is 7.67. The molecule has 0 bridgehead atoms. The van der Waals surface area contributed by atoms with E-state index < -0.39 is 11.9 Å². The number of amides is 5. The highest BCUT2D eigenvalue weighted by Gasteiger charge is 2.32. The van der Waals surface area contributed by atoms with E-state index in [1.165, 1.54) is 4.90 Å². The number of carbonyl (C=O) groups excluding carboxylic acids is 4. The quantitative estimate of drug-likeness (QED) is 0.772. The summed E-state index contributed by atoms with van der Waals surface area (Å²) in [7, 11) is 0. The summed E-state index contributed by atoms with van der Waals surface area (Å²) in [4.78, 5) is 51.4. The molecule has 2 heterocycles. The molecule has 8 heteroatoms. The monoisotopic (exact) mass is 330 g/mol. The molecule has 1 aromatic rings. The van der Waals surface area contributed by atoms with Crippen LogP contribution < -0.4 is 10.2 Å². The molecule has 0 unspecified atom stereocenters. The molecule has 1 aromatic carbocycles. The Hall–Kier alpha value is -2.90. The van der Waals surface area contributed by atoms with Crippen molar-refractivity contribution in [3.05, 3.63) is 29.8 Å². The molecule has 3 rings (SSSR count). The predicted octanol–water partition coefficient (Wildman–Crippen LogP) is -0.278. The van der Waals surface area contributed by atoms with E-state index in [-0.39, 0.29) is 31.4 Å². The lowest BCUT2D eigenvalue weighted by Gasteiger charge is -2.35. The molecular weight excluding hydrogens is 312 g/mol. The van der Waals surface area contributed by atoms with Gasteiger partial charge in [-0.1, -0.05) is 17.7 Å². The second-order valence-corrected chi connectivity index (χ2v) is 5.91. The summed E-state index contributed by atoms with van der Waals surface area (Å²) in [6.07, 6.45) is 0. The Labute approximate surface area is 139 Å². The summed E-state index contributed by atoms with van der Waals surface area (Å²) in [5, 5.41) is 2.12. The van der Waals surface area contributed by atoms with Crippen LogP contribution in [0.4, 0.5) is 10.5 Å². The van der Waals surface area contributed by atoms with Crippen LogP contribution in [0.3, 0.4) is 0 Å². The van der Waals surface area contributed by atoms with Crippen LogP contribution in [0.15, 0.2) is 24.3 Å². The van der Waals surface area contributed by atoms with Crippen LogP contribution in [0.2, 0.25) is 0 Å². The second kappa shape index (κ2) is 6.31. The Bertz CT molecular complexity index is 701. The van der Waals surface area contributed by atoms with E-state index in [0.29, 0.717) is 13.1 Å². The molecule has 0 radical (unpaired) electrons. The summed E-state index contributed by atoms with van der Waals surface area (Å²) >= 11 is 0. The number of imide groups is 1. The van der Waals surface area contributed by atoms with Gasteiger partial charge in [0.2, 0.25) is 17.7 Å². The molecule has 0 aromatic heterocycles. The van der Waals surface area contributed by atoms with Crippen molar-refractivity contribution in [1.29, 1.82) is 0 Å². The van der Waals surface area contributed by atoms with E-state index in [0.717, 1.165) is 16.2 Å². The van der Waals surface area contributed by atoms with Crippen LogP contribution in [-0.2, 0) is 14.4 Å². The maximum atomic E-state index is 12.3. The molecule has 8 nitrogen and oxygen atoms in total. The maximum absolute atomic E-state index is 12.3. The lowest BCUT2D eigenvalue weighted by Crippen LogP contribution is -2.54. The third-order valence-corrected chi connectivity index (χ3v) is 4.11. The van der Waals surface area contributed by atoms with Gasteiger partial charge in [0, 0.05) is 18.8 Å². The number of nitrogens with one attached hydrogen (secondary N) is 1. The SMILES string of the molecule is Cc1ccc(N2CCN(C(=O)CN3CC(=O)NC3=O)CC2=O)cc1. The van der Waals surface area contributed by atoms with Crippen molar-refractivity contribution in [3.8, 4) is 0 Å². The molecule has 2 saturated heterocycles. The van der Waals surface area contributed by atoms with E-state index in [1.807, 2.05) is 31.2 Å². The van der Waals surface area contributed by atoms with Gasteiger partial charge in [-0.25, -0.2) is 4.79 Å². The van der Waals surface area contributed by atoms with E-state index >= 15 is 0 Å². The zero-order chi connectivity index (χ0) is 17.3. The number of benzene rings is 1. The number of anilines is 1. The van der Waals surface area contributed by atoms with Crippen molar-refractivity contribution in [3.63, 3.8) is 0 Å². The summed E-state index contributed by atoms with van der Waals surface area (Å²) in [6.45, 7) is 2.41. The van der Waals surface area contributed by atoms with Gasteiger partial charge >= 0.3 is 6.03 Å². The summed E-state index contributed by atoms with van der Waals surface area (Å²) < 4.78 is 0. The molecule has 0 atom stereocenters. The molecule has 24 heavy (non-hydrogen) atoms. The highest BCUT2D eigenvalue weighted by molar-refractivity contribution is 6.04. The number of hydrogen-bond donors (Lipinski definition) is 1. The Kier molecular flexibility index (Phi) is 4.20. The zero-order valence-corrected chi connectivity index (χ0v) is 13.3. The largest absolute Gasteiger partial charge is 0.330 e. The first-order valence-corrected chi connectivity index (χ1v) is 7.67. The fourth-order valence-electron chi connectivity index (χ4n) is 2.76. The highest BCUT2D eigenvalue weighted by Crippen LogP contribution is 2.18. The molecule has 2 aliphatic heterocycles. The number of nitrogens with zero attached hydrogens (tertiary/aromatic N) is 3. The number of carbonyl (C=O) groups is 4. The average molecular weight is 330 g/mol. The average Bonchev–Trinajstić information content (AvgIpc) is 2.86. The molecule has 126 valence electrons. The molecule has 2 fully saturated rings. The van der Waals surface area contributed by atoms with Crippen molar-refractivity contribution < 1.29 is 19.2 Å². The van der Waals surface area contributed by atoms with Gasteiger partial charge in [0.1, 0.15) is 19.6 Å². The second-order valence-electron chi connectivity index (χ2n) is 5.91. The molecule has 0 saturated carbocycles. The predicted molar refractivity (Wildman–Crippen MR) is 85.2 cm³/mol. The minimum absolute atomic E-state index is 0.0316. The van der Waals surface area contributed by atoms with Crippen LogP contribution in [0.5, 0.6) is 0 Å². The van der Waals surface area contributed by atoms with E-state index in [9.17, 15) is 19.2 Å². The Balaban J connectivity index is 1.59. The van der Waals surface area contributed by atoms with Crippen LogP contribution in [0.1, 0.15) is 5.56 Å². The number of aryl methyl sites for hydroxylation is 1. The smallest absolute Gasteiger partial charge is 0.325 e. The van der Waals surface area contributed by atoms with Crippen molar-refractivity contribution in [2.75, 3.05) is 37.6 Å². The fraction of sp³-hybridized carbons (Fsp3) is 0.375. The molecular formula is C16H18N4O4. The van der Waals surface area contributed by atoms with Crippen molar-refractivity contribution in [1.82, 2.24) is 15.1 Å². The zero-order valence-electron chi connectivity index (χ0n) is 13.3. The number of urea groups is 1. The molecule has 5 amide bonds. The lowest BCUT2D eigenvalue weighted by atomic mass is 10.2. The third kappa shape index (κ3) is 3.22. The van der Waals surface area contributed by atoms with Crippen molar-refractivity contribution in [2.45, 2.75) is 6.92 Å². The van der Waals surface area contributed by atoms with Crippen molar-refractivity contribution in [2.24, 2.45) is 0 Å². The fourth-order valence-corrected chi connectivity index (χ4v) is 2.76. The van der Waals surface area contributed by atoms with Crippen LogP contribution in [0, 0.1) is 6.92 Å². The topological polar surface area (TPSA) is 90.0 Å². The first-order chi connectivity index (χ1) is 11.4. The third-order valence-electron chi connectivity index (χ3n) is 4.11. The van der Waals surface area contributed by atoms with Gasteiger partial charge in [0.15, 0.2) is 0 Å². The standard InChI is InChI=1S/C16H18N4O4/c1-11-2-4-12(5-3-11)20-7-6-18(10-15(20)23)14(22)9-19-8-13(21)17-16(19)24/h2-5H,6-10H2,1H3,(H,17,21,24). The van der Waals surface area contributed by atoms with E-state index in [1.54, 1.807) is 4.90 Å². The van der Waals surface area contributed by atoms with Gasteiger partial charge in [-0.3, -0.25) is 19.7 Å². The van der Waals surface area contributed by atoms with Crippen LogP contribution in [0.25, 0.3) is 0 Å². The molecule has 1 N–H and O–H groups in total. The Morgan fingerprint density at radius 2 is 1.79 bits per heavy atom. The van der Waals surface area contributed by atoms with Crippen LogP contribution >= 0.6 is 0 Å². The number of rotatable bonds is 3. The van der Waals surface area contributed by atoms with Gasteiger partial charge in [-0.05, 0) is 19.1 Å². The first kappa shape index (κ1) is 16.0. The summed E-state index contributed by atoms with van der Waals surface area (Å²) in [5.74, 6) is -0.926. The van der Waals surface area contributed by atoms with Gasteiger partial charge < -0.3 is 14.7 Å². The van der Waals surface area contributed by atoms with Gasteiger partial charge in [0.25, 0.3) is 0 Å².